The zero-order valence-electron chi connectivity index (χ0n) is 13.3. The summed E-state index contributed by atoms with van der Waals surface area (Å²) in [7, 11) is -4.68. The molecular weight excluding hydrogens is 416 g/mol. The monoisotopic (exact) mass is 432 g/mol. The van der Waals surface area contributed by atoms with Crippen LogP contribution in [0.5, 0.6) is 0 Å². The molecule has 0 aliphatic rings. The standard InChI is InChI=1S/C15H17BrN2O4S2/c1-11-8-9-12(24(21,22)18(2)3)10-14(11)17-23(19,20)15-7-5-4-6-13(15)16/h4-10,17H,1-3H3. The summed E-state index contributed by atoms with van der Waals surface area (Å²) < 4.78 is 53.5. The summed E-state index contributed by atoms with van der Waals surface area (Å²) >= 11 is 3.21. The van der Waals surface area contributed by atoms with Crippen molar-refractivity contribution in [1.82, 2.24) is 4.31 Å². The molecule has 9 heteroatoms. The van der Waals surface area contributed by atoms with Gasteiger partial charge in [0, 0.05) is 18.6 Å². The third kappa shape index (κ3) is 3.80. The highest BCUT2D eigenvalue weighted by Crippen LogP contribution is 2.27. The Balaban J connectivity index is 2.49. The lowest BCUT2D eigenvalue weighted by Crippen LogP contribution is -2.22. The van der Waals surface area contributed by atoms with E-state index in [0.717, 1.165) is 4.31 Å². The van der Waals surface area contributed by atoms with Crippen molar-refractivity contribution in [2.24, 2.45) is 0 Å². The van der Waals surface area contributed by atoms with Gasteiger partial charge in [0.15, 0.2) is 0 Å². The quantitative estimate of drug-likeness (QED) is 0.786. The van der Waals surface area contributed by atoms with E-state index in [4.69, 9.17) is 0 Å². The Morgan fingerprint density at radius 1 is 1.00 bits per heavy atom. The molecule has 0 aliphatic carbocycles. The smallest absolute Gasteiger partial charge is 0.263 e. The Morgan fingerprint density at radius 2 is 1.62 bits per heavy atom. The molecule has 0 bridgehead atoms. The van der Waals surface area contributed by atoms with E-state index in [1.165, 1.54) is 32.3 Å². The molecule has 2 aromatic carbocycles. The second-order valence-electron chi connectivity index (χ2n) is 5.30. The number of nitrogens with zero attached hydrogens (tertiary/aromatic N) is 1. The predicted octanol–water partition coefficient (Wildman–Crippen LogP) is 2.81. The van der Waals surface area contributed by atoms with Gasteiger partial charge in [0.25, 0.3) is 10.0 Å². The fourth-order valence-electron chi connectivity index (χ4n) is 1.94. The maximum Gasteiger partial charge on any atom is 0.263 e. The molecule has 24 heavy (non-hydrogen) atoms. The first-order valence-corrected chi connectivity index (χ1v) is 10.6. The van der Waals surface area contributed by atoms with Gasteiger partial charge < -0.3 is 0 Å². The molecule has 0 atom stereocenters. The molecule has 0 spiro atoms. The molecule has 1 N–H and O–H groups in total. The van der Waals surface area contributed by atoms with Crippen LogP contribution in [0.15, 0.2) is 56.7 Å². The molecule has 0 aromatic heterocycles. The van der Waals surface area contributed by atoms with Gasteiger partial charge in [0.05, 0.1) is 10.6 Å². The molecule has 0 aliphatic heterocycles. The van der Waals surface area contributed by atoms with Crippen LogP contribution in [0, 0.1) is 6.92 Å². The molecule has 0 radical (unpaired) electrons. The van der Waals surface area contributed by atoms with Crippen molar-refractivity contribution >= 4 is 41.7 Å². The third-order valence-corrected chi connectivity index (χ3v) is 7.55. The Labute approximate surface area is 150 Å². The van der Waals surface area contributed by atoms with Gasteiger partial charge in [-0.2, -0.15) is 0 Å². The molecule has 0 unspecified atom stereocenters. The van der Waals surface area contributed by atoms with E-state index >= 15 is 0 Å². The van der Waals surface area contributed by atoms with Crippen LogP contribution in [0.3, 0.4) is 0 Å². The van der Waals surface area contributed by atoms with Crippen molar-refractivity contribution in [2.75, 3.05) is 18.8 Å². The van der Waals surface area contributed by atoms with Crippen LogP contribution in [0.1, 0.15) is 5.56 Å². The number of halogens is 1. The van der Waals surface area contributed by atoms with Crippen LogP contribution < -0.4 is 4.72 Å². The largest absolute Gasteiger partial charge is 0.279 e. The van der Waals surface area contributed by atoms with Gasteiger partial charge in [-0.3, -0.25) is 4.72 Å². The van der Waals surface area contributed by atoms with Gasteiger partial charge >= 0.3 is 0 Å². The van der Waals surface area contributed by atoms with E-state index in [-0.39, 0.29) is 15.5 Å². The second kappa shape index (κ2) is 6.83. The number of benzene rings is 2. The van der Waals surface area contributed by atoms with Gasteiger partial charge in [0.2, 0.25) is 10.0 Å². The minimum atomic E-state index is -3.85. The van der Waals surface area contributed by atoms with Crippen molar-refractivity contribution in [3.63, 3.8) is 0 Å². The van der Waals surface area contributed by atoms with Gasteiger partial charge in [0.1, 0.15) is 4.90 Å². The van der Waals surface area contributed by atoms with Crippen LogP contribution in [0.4, 0.5) is 5.69 Å². The molecular formula is C15H17BrN2O4S2. The number of aryl methyl sites for hydroxylation is 1. The molecule has 0 saturated carbocycles. The van der Waals surface area contributed by atoms with E-state index < -0.39 is 20.0 Å². The van der Waals surface area contributed by atoms with Crippen LogP contribution in [-0.2, 0) is 20.0 Å². The van der Waals surface area contributed by atoms with E-state index in [2.05, 4.69) is 20.7 Å². The maximum absolute atomic E-state index is 12.6. The minimum Gasteiger partial charge on any atom is -0.279 e. The lowest BCUT2D eigenvalue weighted by atomic mass is 10.2. The first-order chi connectivity index (χ1) is 11.1. The lowest BCUT2D eigenvalue weighted by molar-refractivity contribution is 0.520. The predicted molar refractivity (Wildman–Crippen MR) is 97.0 cm³/mol. The Hall–Kier alpha value is -1.42. The molecule has 130 valence electrons. The summed E-state index contributed by atoms with van der Waals surface area (Å²) in [5.41, 5.74) is 0.831. The van der Waals surface area contributed by atoms with Gasteiger partial charge in [-0.05, 0) is 52.7 Å². The highest BCUT2D eigenvalue weighted by atomic mass is 79.9. The van der Waals surface area contributed by atoms with Crippen LogP contribution >= 0.6 is 15.9 Å². The van der Waals surface area contributed by atoms with Crippen LogP contribution in [0.25, 0.3) is 0 Å². The molecule has 0 heterocycles. The summed E-state index contributed by atoms with van der Waals surface area (Å²) in [5, 5.41) is 0. The van der Waals surface area contributed by atoms with Crippen LogP contribution in [0.2, 0.25) is 0 Å². The number of rotatable bonds is 5. The van der Waals surface area contributed by atoms with Crippen molar-refractivity contribution in [1.29, 1.82) is 0 Å². The Bertz CT molecular complexity index is 971. The van der Waals surface area contributed by atoms with E-state index in [1.807, 2.05) is 0 Å². The SMILES string of the molecule is Cc1ccc(S(=O)(=O)N(C)C)cc1NS(=O)(=O)c1ccccc1Br. The average molecular weight is 433 g/mol. The van der Waals surface area contributed by atoms with Gasteiger partial charge in [-0.25, -0.2) is 21.1 Å². The van der Waals surface area contributed by atoms with Gasteiger partial charge in [-0.1, -0.05) is 18.2 Å². The molecule has 2 aromatic rings. The zero-order chi connectivity index (χ0) is 18.1. The highest BCUT2D eigenvalue weighted by Gasteiger charge is 2.21. The summed E-state index contributed by atoms with van der Waals surface area (Å²) in [6.45, 7) is 1.70. The van der Waals surface area contributed by atoms with Gasteiger partial charge in [-0.15, -0.1) is 0 Å². The number of sulfonamides is 2. The van der Waals surface area contributed by atoms with Crippen molar-refractivity contribution < 1.29 is 16.8 Å². The zero-order valence-corrected chi connectivity index (χ0v) is 16.5. The maximum atomic E-state index is 12.6. The average Bonchev–Trinajstić information content (AvgIpc) is 2.49. The van der Waals surface area contributed by atoms with Crippen molar-refractivity contribution in [2.45, 2.75) is 16.7 Å². The summed E-state index contributed by atoms with van der Waals surface area (Å²) in [4.78, 5) is 0.0909. The normalized spacial score (nSPS) is 12.4. The Kier molecular flexibility index (Phi) is 5.38. The molecule has 6 nitrogen and oxygen atoms in total. The summed E-state index contributed by atoms with van der Waals surface area (Å²) in [5.74, 6) is 0. The first-order valence-electron chi connectivity index (χ1n) is 6.86. The molecule has 2 rings (SSSR count). The number of anilines is 1. The van der Waals surface area contributed by atoms with Crippen LogP contribution in [-0.4, -0.2) is 35.2 Å². The van der Waals surface area contributed by atoms with E-state index in [0.29, 0.717) is 10.0 Å². The summed E-state index contributed by atoms with van der Waals surface area (Å²) in [6.07, 6.45) is 0. The Morgan fingerprint density at radius 3 is 2.21 bits per heavy atom. The number of hydrogen-bond acceptors (Lipinski definition) is 4. The lowest BCUT2D eigenvalue weighted by Gasteiger charge is -2.15. The fourth-order valence-corrected chi connectivity index (χ4v) is 5.00. The first kappa shape index (κ1) is 18.9. The number of nitrogens with one attached hydrogen (secondary N) is 1. The topological polar surface area (TPSA) is 83.6 Å². The highest BCUT2D eigenvalue weighted by molar-refractivity contribution is 9.10. The van der Waals surface area contributed by atoms with Crippen molar-refractivity contribution in [3.05, 3.63) is 52.5 Å². The molecule has 0 amide bonds. The van der Waals surface area contributed by atoms with Crippen molar-refractivity contribution in [3.8, 4) is 0 Å². The molecule has 0 saturated heterocycles. The fraction of sp³-hybridized carbons (Fsp3) is 0.200. The number of hydrogen-bond donors (Lipinski definition) is 1. The van der Waals surface area contributed by atoms with E-state index in [9.17, 15) is 16.8 Å². The van der Waals surface area contributed by atoms with E-state index in [1.54, 1.807) is 31.2 Å². The second-order valence-corrected chi connectivity index (χ2v) is 9.96. The third-order valence-electron chi connectivity index (χ3n) is 3.36. The minimum absolute atomic E-state index is 0.0166. The summed E-state index contributed by atoms with van der Waals surface area (Å²) in [6, 6.07) is 10.7. The molecule has 0 fully saturated rings.